The highest BCUT2D eigenvalue weighted by atomic mass is 16.2. The molecular weight excluding hydrogens is 280 g/mol. The molecule has 2 aromatic rings. The van der Waals surface area contributed by atoms with Crippen molar-refractivity contribution in [3.63, 3.8) is 0 Å². The summed E-state index contributed by atoms with van der Waals surface area (Å²) in [5.41, 5.74) is 0.441. The van der Waals surface area contributed by atoms with Gasteiger partial charge in [0.15, 0.2) is 11.2 Å². The van der Waals surface area contributed by atoms with E-state index in [0.29, 0.717) is 17.1 Å². The molecule has 0 amide bonds. The van der Waals surface area contributed by atoms with Gasteiger partial charge in [-0.25, -0.2) is 9.78 Å². The van der Waals surface area contributed by atoms with Crippen LogP contribution in [0.25, 0.3) is 11.2 Å². The zero-order valence-corrected chi connectivity index (χ0v) is 14.0. The lowest BCUT2D eigenvalue weighted by molar-refractivity contribution is 0.322. The van der Waals surface area contributed by atoms with Crippen molar-refractivity contribution >= 4 is 11.2 Å². The summed E-state index contributed by atoms with van der Waals surface area (Å²) in [6, 6.07) is 0. The molecule has 6 heteroatoms. The van der Waals surface area contributed by atoms with Gasteiger partial charge in [0.1, 0.15) is 0 Å². The molecule has 122 valence electrons. The van der Waals surface area contributed by atoms with E-state index in [1.54, 1.807) is 13.4 Å². The maximum Gasteiger partial charge on any atom is 0.332 e. The third-order valence-corrected chi connectivity index (χ3v) is 4.40. The van der Waals surface area contributed by atoms with E-state index in [-0.39, 0.29) is 11.2 Å². The Hall–Kier alpha value is -1.85. The summed E-state index contributed by atoms with van der Waals surface area (Å²) in [6.45, 7) is 4.82. The van der Waals surface area contributed by atoms with Gasteiger partial charge in [0.25, 0.3) is 5.56 Å². The average Bonchev–Trinajstić information content (AvgIpc) is 2.97. The highest BCUT2D eigenvalue weighted by molar-refractivity contribution is 5.69. The molecule has 2 aromatic heterocycles. The molecule has 0 spiro atoms. The molecule has 0 aromatic carbocycles. The van der Waals surface area contributed by atoms with Gasteiger partial charge in [-0.3, -0.25) is 13.9 Å². The molecule has 0 atom stereocenters. The van der Waals surface area contributed by atoms with Crippen LogP contribution in [0.5, 0.6) is 0 Å². The predicted molar refractivity (Wildman–Crippen MR) is 88.1 cm³/mol. The lowest BCUT2D eigenvalue weighted by Crippen LogP contribution is -2.37. The molecule has 1 aliphatic rings. The number of rotatable bonds is 2. The Bertz CT molecular complexity index is 748. The number of nitrogens with zero attached hydrogens (tertiary/aromatic N) is 4. The second-order valence-electron chi connectivity index (χ2n) is 5.78. The minimum atomic E-state index is -0.328. The van der Waals surface area contributed by atoms with E-state index in [0.717, 1.165) is 11.1 Å². The molecule has 2 heterocycles. The van der Waals surface area contributed by atoms with E-state index < -0.39 is 0 Å². The smallest absolute Gasteiger partial charge is 0.324 e. The average molecular weight is 306 g/mol. The van der Waals surface area contributed by atoms with Crippen molar-refractivity contribution in [3.05, 3.63) is 27.2 Å². The minimum Gasteiger partial charge on any atom is -0.324 e. The second kappa shape index (κ2) is 6.94. The van der Waals surface area contributed by atoms with Crippen LogP contribution >= 0.6 is 0 Å². The lowest BCUT2D eigenvalue weighted by atomic mass is 9.89. The fourth-order valence-corrected chi connectivity index (χ4v) is 3.18. The molecule has 0 bridgehead atoms. The van der Waals surface area contributed by atoms with E-state index in [2.05, 4.69) is 4.98 Å². The number of imidazole rings is 1. The molecule has 6 nitrogen and oxygen atoms in total. The van der Waals surface area contributed by atoms with E-state index >= 15 is 0 Å². The largest absolute Gasteiger partial charge is 0.332 e. The van der Waals surface area contributed by atoms with Gasteiger partial charge in [-0.15, -0.1) is 0 Å². The fraction of sp³-hybridized carbons (Fsp3) is 0.688. The van der Waals surface area contributed by atoms with Gasteiger partial charge in [0.05, 0.1) is 6.33 Å². The first kappa shape index (κ1) is 16.5. The van der Waals surface area contributed by atoms with Crippen LogP contribution in [0, 0.1) is 5.92 Å². The lowest BCUT2D eigenvalue weighted by Gasteiger charge is -2.22. The van der Waals surface area contributed by atoms with Crippen molar-refractivity contribution in [1.29, 1.82) is 0 Å². The van der Waals surface area contributed by atoms with Crippen LogP contribution in [-0.4, -0.2) is 18.7 Å². The van der Waals surface area contributed by atoms with Crippen molar-refractivity contribution in [3.8, 4) is 0 Å². The van der Waals surface area contributed by atoms with Gasteiger partial charge >= 0.3 is 5.69 Å². The fourth-order valence-electron chi connectivity index (χ4n) is 3.18. The maximum atomic E-state index is 12.3. The molecule has 0 aliphatic heterocycles. The highest BCUT2D eigenvalue weighted by Crippen LogP contribution is 2.25. The molecular formula is C16H26N4O2. The molecule has 0 radical (unpaired) electrons. The van der Waals surface area contributed by atoms with Crippen molar-refractivity contribution in [2.75, 3.05) is 0 Å². The van der Waals surface area contributed by atoms with Gasteiger partial charge in [-0.1, -0.05) is 33.1 Å². The van der Waals surface area contributed by atoms with E-state index in [9.17, 15) is 9.59 Å². The summed E-state index contributed by atoms with van der Waals surface area (Å²) < 4.78 is 4.52. The van der Waals surface area contributed by atoms with Gasteiger partial charge in [-0.05, 0) is 18.8 Å². The Labute approximate surface area is 130 Å². The van der Waals surface area contributed by atoms with Crippen molar-refractivity contribution < 1.29 is 0 Å². The number of fused-ring (bicyclic) bond motifs is 1. The molecule has 1 saturated carbocycles. The first-order valence-corrected chi connectivity index (χ1v) is 8.20. The van der Waals surface area contributed by atoms with Crippen LogP contribution in [0.4, 0.5) is 0 Å². The van der Waals surface area contributed by atoms with E-state index in [1.807, 2.05) is 18.4 Å². The second-order valence-corrected chi connectivity index (χ2v) is 5.78. The molecule has 1 aliphatic carbocycles. The van der Waals surface area contributed by atoms with Gasteiger partial charge < -0.3 is 4.57 Å². The van der Waals surface area contributed by atoms with Crippen LogP contribution < -0.4 is 11.2 Å². The normalized spacial score (nSPS) is 15.6. The molecule has 3 rings (SSSR count). The third-order valence-electron chi connectivity index (χ3n) is 4.40. The molecule has 0 saturated heterocycles. The van der Waals surface area contributed by atoms with E-state index in [1.165, 1.54) is 43.7 Å². The molecule has 0 unspecified atom stereocenters. The Kier molecular flexibility index (Phi) is 5.21. The quantitative estimate of drug-likeness (QED) is 0.853. The Balaban J connectivity index is 0.000000847. The Morgan fingerprint density at radius 1 is 1.09 bits per heavy atom. The first-order chi connectivity index (χ1) is 10.6. The summed E-state index contributed by atoms with van der Waals surface area (Å²) in [7, 11) is 3.17. The summed E-state index contributed by atoms with van der Waals surface area (Å²) in [4.78, 5) is 28.5. The summed E-state index contributed by atoms with van der Waals surface area (Å²) in [6.07, 6.45) is 7.98. The van der Waals surface area contributed by atoms with Crippen LogP contribution in [-0.2, 0) is 20.6 Å². The molecule has 0 N–H and O–H groups in total. The summed E-state index contributed by atoms with van der Waals surface area (Å²) in [5, 5.41) is 0. The Morgan fingerprint density at radius 2 is 1.73 bits per heavy atom. The first-order valence-electron chi connectivity index (χ1n) is 8.20. The minimum absolute atomic E-state index is 0.253. The number of aryl methyl sites for hydroxylation is 1. The number of hydrogen-bond donors (Lipinski definition) is 0. The monoisotopic (exact) mass is 306 g/mol. The van der Waals surface area contributed by atoms with Gasteiger partial charge in [-0.2, -0.15) is 0 Å². The number of aromatic nitrogens is 4. The zero-order chi connectivity index (χ0) is 16.3. The zero-order valence-electron chi connectivity index (χ0n) is 14.0. The topological polar surface area (TPSA) is 61.8 Å². The number of hydrogen-bond acceptors (Lipinski definition) is 3. The predicted octanol–water partition coefficient (Wildman–Crippen LogP) is 2.04. The molecule has 22 heavy (non-hydrogen) atoms. The van der Waals surface area contributed by atoms with Crippen LogP contribution in [0.1, 0.15) is 46.0 Å². The maximum absolute atomic E-state index is 12.3. The van der Waals surface area contributed by atoms with Crippen LogP contribution in [0.2, 0.25) is 0 Å². The van der Waals surface area contributed by atoms with Gasteiger partial charge in [0.2, 0.25) is 0 Å². The Morgan fingerprint density at radius 3 is 2.36 bits per heavy atom. The third kappa shape index (κ3) is 2.87. The molecule has 1 fully saturated rings. The van der Waals surface area contributed by atoms with Crippen LogP contribution in [0.3, 0.4) is 0 Å². The standard InChI is InChI=1S/C14H20N4O2.C2H6/c1-16-12-11(13(19)17(2)14(16)20)18(9-15-12)8-10-6-4-3-5-7-10;1-2/h9-10H,3-8H2,1-2H3;1-2H3. The van der Waals surface area contributed by atoms with E-state index in [4.69, 9.17) is 0 Å². The summed E-state index contributed by atoms with van der Waals surface area (Å²) >= 11 is 0. The van der Waals surface area contributed by atoms with Crippen LogP contribution in [0.15, 0.2) is 15.9 Å². The van der Waals surface area contributed by atoms with Crippen molar-refractivity contribution in [2.45, 2.75) is 52.5 Å². The van der Waals surface area contributed by atoms with Gasteiger partial charge in [0, 0.05) is 20.6 Å². The summed E-state index contributed by atoms with van der Waals surface area (Å²) in [5.74, 6) is 0.614. The SMILES string of the molecule is CC.Cn1c(=O)c2c(ncn2CC2CCCCC2)n(C)c1=O. The van der Waals surface area contributed by atoms with Crippen molar-refractivity contribution in [1.82, 2.24) is 18.7 Å². The van der Waals surface area contributed by atoms with Crippen molar-refractivity contribution in [2.24, 2.45) is 20.0 Å². The highest BCUT2D eigenvalue weighted by Gasteiger charge is 2.18.